The Labute approximate surface area is 540 Å². The molecule has 10 unspecified atom stereocenters. The zero-order chi connectivity index (χ0) is 68.0. The SMILES string of the molecule is COCC(O)C(=O)N(CCCNC(=O)CCCCCCCO[C@@H]1OC(CO)[C@H](O)C(O)C1NC(C)=O)CCCN(CCCNC(=O)CCCCCCCO[C@@H]1OC(CO)[C@H](O)C(O)C1NC(C)=O)C(=O)CCCCCCCO[C@@H]1OC(CO)[C@H](O)C(O)C1NC(C)=O. The van der Waals surface area contributed by atoms with Gasteiger partial charge in [0.2, 0.25) is 35.4 Å². The molecular formula is C61H111N7O24. The first kappa shape index (κ1) is 81.8. The van der Waals surface area contributed by atoms with Crippen molar-refractivity contribution in [2.45, 2.75) is 254 Å². The number of methoxy groups -OCH3 is 1. The normalized spacial score (nSPS) is 26.7. The van der Waals surface area contributed by atoms with Crippen molar-refractivity contribution in [3.8, 4) is 0 Å². The summed E-state index contributed by atoms with van der Waals surface area (Å²) in [6.07, 6.45) is -3.79. The van der Waals surface area contributed by atoms with Crippen LogP contribution in [-0.2, 0) is 66.7 Å². The number of carbonyl (C=O) groups is 7. The molecule has 3 heterocycles. The third kappa shape index (κ3) is 30.6. The van der Waals surface area contributed by atoms with Crippen molar-refractivity contribution in [1.29, 1.82) is 0 Å². The van der Waals surface area contributed by atoms with E-state index in [0.29, 0.717) is 77.3 Å². The van der Waals surface area contributed by atoms with E-state index in [1.807, 2.05) is 0 Å². The molecule has 0 bridgehead atoms. The first-order valence-corrected chi connectivity index (χ1v) is 32.9. The van der Waals surface area contributed by atoms with Gasteiger partial charge < -0.3 is 121 Å². The van der Waals surface area contributed by atoms with Crippen molar-refractivity contribution in [2.75, 3.05) is 92.6 Å². The fraction of sp³-hybridized carbons (Fsp3) is 0.885. The van der Waals surface area contributed by atoms with Gasteiger partial charge in [-0.05, 0) is 57.8 Å². The highest BCUT2D eigenvalue weighted by Crippen LogP contribution is 2.26. The first-order valence-electron chi connectivity index (χ1n) is 32.9. The van der Waals surface area contributed by atoms with Crippen LogP contribution < -0.4 is 26.6 Å². The number of aliphatic hydroxyl groups excluding tert-OH is 10. The summed E-state index contributed by atoms with van der Waals surface area (Å²) in [5.41, 5.74) is 0. The van der Waals surface area contributed by atoms with Crippen LogP contribution in [-0.4, -0.2) is 293 Å². The van der Waals surface area contributed by atoms with E-state index in [1.54, 1.807) is 4.90 Å². The van der Waals surface area contributed by atoms with E-state index in [4.69, 9.17) is 33.2 Å². The molecule has 31 nitrogen and oxygen atoms in total. The molecule has 92 heavy (non-hydrogen) atoms. The van der Waals surface area contributed by atoms with Gasteiger partial charge in [0, 0.05) is 106 Å². The number of ether oxygens (including phenoxy) is 7. The highest BCUT2D eigenvalue weighted by molar-refractivity contribution is 5.81. The van der Waals surface area contributed by atoms with Crippen LogP contribution in [0.2, 0.25) is 0 Å². The maximum absolute atomic E-state index is 13.8. The molecule has 15 N–H and O–H groups in total. The van der Waals surface area contributed by atoms with Crippen molar-refractivity contribution in [3.05, 3.63) is 0 Å². The summed E-state index contributed by atoms with van der Waals surface area (Å²) in [5, 5.41) is 115. The Kier molecular flexibility index (Phi) is 41.5. The van der Waals surface area contributed by atoms with Crippen LogP contribution in [0, 0.1) is 0 Å². The standard InChI is InChI=1S/C61H111N7O24/c1-39(72)64-49-55(82)52(79)43(35-69)90-59(49)87-32-17-11-5-8-14-23-46(76)62-26-20-28-67(48(78)25-16-10-7-13-19-34-89-61-51(66-41(3)74)57(84)54(81)45(37-71)92-61)30-22-31-68(58(85)42(75)38-86-4)29-21-27-63-47(77)24-15-9-6-12-18-33-88-60-50(65-40(2)73)56(83)53(80)44(36-70)91-60/h42-45,49-57,59-61,69-71,75,79-84H,5-38H2,1-4H3,(H,62,76)(H,63,77)(H,64,72)(H,65,73)(H,66,74)/t42?,43?,44?,45?,49?,50?,51?,52-,53-,54-,55?,56?,57?,59+,60+,61+/m0/s1. The van der Waals surface area contributed by atoms with E-state index in [2.05, 4.69) is 26.6 Å². The Morgan fingerprint density at radius 3 is 1.09 bits per heavy atom. The summed E-state index contributed by atoms with van der Waals surface area (Å²) in [5.74, 6) is -2.30. The summed E-state index contributed by atoms with van der Waals surface area (Å²) in [7, 11) is 1.37. The number of nitrogens with zero attached hydrogens (tertiary/aromatic N) is 2. The second-order valence-electron chi connectivity index (χ2n) is 23.9. The minimum absolute atomic E-state index is 0.106. The Balaban J connectivity index is 1.46. The fourth-order valence-electron chi connectivity index (χ4n) is 11.1. The minimum Gasteiger partial charge on any atom is -0.394 e. The van der Waals surface area contributed by atoms with Gasteiger partial charge in [0.15, 0.2) is 25.0 Å². The molecule has 0 aromatic carbocycles. The van der Waals surface area contributed by atoms with E-state index < -0.39 is 141 Å². The van der Waals surface area contributed by atoms with Gasteiger partial charge in [0.05, 0.1) is 26.4 Å². The molecule has 0 radical (unpaired) electrons. The molecule has 3 aliphatic heterocycles. The van der Waals surface area contributed by atoms with Crippen molar-refractivity contribution in [1.82, 2.24) is 36.4 Å². The van der Waals surface area contributed by atoms with Gasteiger partial charge in [-0.15, -0.1) is 0 Å². The van der Waals surface area contributed by atoms with E-state index in [-0.39, 0.29) is 83.2 Å². The molecule has 0 saturated carbocycles. The topological polar surface area (TPSA) is 453 Å². The van der Waals surface area contributed by atoms with Gasteiger partial charge in [-0.25, -0.2) is 0 Å². The molecule has 3 rings (SSSR count). The lowest BCUT2D eigenvalue weighted by Gasteiger charge is -2.42. The summed E-state index contributed by atoms with van der Waals surface area (Å²) >= 11 is 0. The van der Waals surface area contributed by atoms with Gasteiger partial charge in [-0.2, -0.15) is 0 Å². The second-order valence-corrected chi connectivity index (χ2v) is 23.9. The Morgan fingerprint density at radius 2 is 0.739 bits per heavy atom. The fourth-order valence-corrected chi connectivity index (χ4v) is 11.1. The maximum atomic E-state index is 13.8. The summed E-state index contributed by atoms with van der Waals surface area (Å²) in [6, 6.07) is -3.09. The third-order valence-electron chi connectivity index (χ3n) is 16.2. The van der Waals surface area contributed by atoms with Crippen LogP contribution in [0.3, 0.4) is 0 Å². The second kappa shape index (κ2) is 46.7. The summed E-state index contributed by atoms with van der Waals surface area (Å²) < 4.78 is 39.2. The number of carbonyl (C=O) groups excluding carboxylic acids is 7. The monoisotopic (exact) mass is 1330 g/mol. The molecule has 3 fully saturated rings. The largest absolute Gasteiger partial charge is 0.394 e. The van der Waals surface area contributed by atoms with Crippen molar-refractivity contribution in [3.63, 3.8) is 0 Å². The molecule has 3 saturated heterocycles. The number of unbranched alkanes of at least 4 members (excludes halogenated alkanes) is 12. The summed E-state index contributed by atoms with van der Waals surface area (Å²) in [4.78, 5) is 91.3. The van der Waals surface area contributed by atoms with Crippen LogP contribution in [0.1, 0.15) is 156 Å². The van der Waals surface area contributed by atoms with Crippen LogP contribution in [0.4, 0.5) is 0 Å². The zero-order valence-electron chi connectivity index (χ0n) is 54.4. The molecular weight excluding hydrogens is 1210 g/mol. The van der Waals surface area contributed by atoms with Gasteiger partial charge >= 0.3 is 0 Å². The Bertz CT molecular complexity index is 2110. The average Bonchev–Trinajstić information content (AvgIpc) is 1.36. The van der Waals surface area contributed by atoms with E-state index in [9.17, 15) is 84.6 Å². The molecule has 534 valence electrons. The predicted molar refractivity (Wildman–Crippen MR) is 328 cm³/mol. The van der Waals surface area contributed by atoms with E-state index in [0.717, 1.165) is 57.8 Å². The highest BCUT2D eigenvalue weighted by Gasteiger charge is 2.48. The third-order valence-corrected chi connectivity index (χ3v) is 16.2. The molecule has 0 aliphatic carbocycles. The molecule has 7 amide bonds. The van der Waals surface area contributed by atoms with Gasteiger partial charge in [0.25, 0.3) is 5.91 Å². The zero-order valence-corrected chi connectivity index (χ0v) is 54.4. The van der Waals surface area contributed by atoms with Crippen LogP contribution >= 0.6 is 0 Å². The van der Waals surface area contributed by atoms with Crippen molar-refractivity contribution < 1.29 is 118 Å². The average molecular weight is 1330 g/mol. The van der Waals surface area contributed by atoms with Gasteiger partial charge in [0.1, 0.15) is 73.1 Å². The highest BCUT2D eigenvalue weighted by atomic mass is 16.7. The quantitative estimate of drug-likeness (QED) is 0.0269. The molecule has 0 aromatic rings. The molecule has 0 aromatic heterocycles. The van der Waals surface area contributed by atoms with E-state index >= 15 is 0 Å². The number of hydrogen-bond acceptors (Lipinski definition) is 24. The Hall–Kier alpha value is -4.39. The number of nitrogens with one attached hydrogen (secondary N) is 5. The lowest BCUT2D eigenvalue weighted by molar-refractivity contribution is -0.270. The molecule has 3 aliphatic rings. The molecule has 16 atom stereocenters. The minimum atomic E-state index is -1.43. The lowest BCUT2D eigenvalue weighted by atomic mass is 9.97. The number of hydrogen-bond donors (Lipinski definition) is 15. The summed E-state index contributed by atoms with van der Waals surface area (Å²) in [6.45, 7) is 4.16. The Morgan fingerprint density at radius 1 is 0.424 bits per heavy atom. The lowest BCUT2D eigenvalue weighted by Crippen LogP contribution is -2.64. The van der Waals surface area contributed by atoms with Crippen LogP contribution in [0.5, 0.6) is 0 Å². The molecule has 31 heteroatoms. The van der Waals surface area contributed by atoms with E-state index in [1.165, 1.54) is 32.8 Å². The molecule has 0 spiro atoms. The smallest absolute Gasteiger partial charge is 0.253 e. The number of aliphatic hydroxyl groups is 10. The maximum Gasteiger partial charge on any atom is 0.253 e. The number of amides is 7. The van der Waals surface area contributed by atoms with Crippen molar-refractivity contribution >= 4 is 41.4 Å². The van der Waals surface area contributed by atoms with Crippen LogP contribution in [0.15, 0.2) is 0 Å². The predicted octanol–water partition coefficient (Wildman–Crippen LogP) is -3.04. The number of rotatable bonds is 48. The van der Waals surface area contributed by atoms with Crippen LogP contribution in [0.25, 0.3) is 0 Å². The van der Waals surface area contributed by atoms with Crippen molar-refractivity contribution in [2.24, 2.45) is 0 Å². The first-order chi connectivity index (χ1) is 44.1. The van der Waals surface area contributed by atoms with Gasteiger partial charge in [-0.3, -0.25) is 33.6 Å². The van der Waals surface area contributed by atoms with Gasteiger partial charge in [-0.1, -0.05) is 57.8 Å².